The van der Waals surface area contributed by atoms with Crippen LogP contribution in [-0.4, -0.2) is 71.6 Å². The molecule has 1 N–H and O–H groups in total. The second-order valence-corrected chi connectivity index (χ2v) is 4.36. The van der Waals surface area contributed by atoms with Crippen molar-refractivity contribution >= 4 is 5.91 Å². The van der Waals surface area contributed by atoms with E-state index >= 15 is 0 Å². The quantitative estimate of drug-likeness (QED) is 0.708. The molecule has 112 valence electrons. The molecule has 7 nitrogen and oxygen atoms in total. The zero-order valence-electron chi connectivity index (χ0n) is 12.0. The van der Waals surface area contributed by atoms with Crippen molar-refractivity contribution in [3.63, 3.8) is 0 Å². The highest BCUT2D eigenvalue weighted by Gasteiger charge is 2.47. The van der Waals surface area contributed by atoms with Crippen molar-refractivity contribution < 1.29 is 28.5 Å². The Morgan fingerprint density at radius 3 is 2.16 bits per heavy atom. The van der Waals surface area contributed by atoms with E-state index in [1.54, 1.807) is 21.3 Å². The molecular formula is C12H23NO6. The molecule has 0 saturated carbocycles. The SMILES string of the molecule is COCC1OC(OC)C(NC(C)=O)C(OC)C1OC. The monoisotopic (exact) mass is 277 g/mol. The lowest BCUT2D eigenvalue weighted by Crippen LogP contribution is -2.65. The van der Waals surface area contributed by atoms with Gasteiger partial charge in [0, 0.05) is 35.4 Å². The Bertz CT molecular complexity index is 287. The maximum absolute atomic E-state index is 11.3. The average molecular weight is 277 g/mol. The number of rotatable bonds is 6. The van der Waals surface area contributed by atoms with Gasteiger partial charge in [-0.1, -0.05) is 0 Å². The maximum atomic E-state index is 11.3. The van der Waals surface area contributed by atoms with Crippen LogP contribution in [0, 0.1) is 0 Å². The molecule has 0 bridgehead atoms. The van der Waals surface area contributed by atoms with Gasteiger partial charge in [0.25, 0.3) is 0 Å². The summed E-state index contributed by atoms with van der Waals surface area (Å²) < 4.78 is 27.0. The van der Waals surface area contributed by atoms with Crippen LogP contribution in [0.1, 0.15) is 6.92 Å². The lowest BCUT2D eigenvalue weighted by atomic mass is 9.96. The van der Waals surface area contributed by atoms with Crippen molar-refractivity contribution in [2.45, 2.75) is 37.6 Å². The molecule has 0 aliphatic carbocycles. The first kappa shape index (κ1) is 16.3. The predicted molar refractivity (Wildman–Crippen MR) is 66.7 cm³/mol. The summed E-state index contributed by atoms with van der Waals surface area (Å²) in [6.45, 7) is 1.79. The number of carbonyl (C=O) groups is 1. The molecule has 0 aromatic rings. The van der Waals surface area contributed by atoms with Crippen molar-refractivity contribution in [1.82, 2.24) is 5.32 Å². The first-order valence-corrected chi connectivity index (χ1v) is 6.08. The summed E-state index contributed by atoms with van der Waals surface area (Å²) in [5, 5.41) is 2.78. The zero-order valence-corrected chi connectivity index (χ0v) is 12.0. The number of amides is 1. The summed E-state index contributed by atoms with van der Waals surface area (Å²) in [5.74, 6) is -0.183. The second-order valence-electron chi connectivity index (χ2n) is 4.36. The molecular weight excluding hydrogens is 254 g/mol. The molecule has 0 radical (unpaired) electrons. The first-order chi connectivity index (χ1) is 9.08. The van der Waals surface area contributed by atoms with Gasteiger partial charge in [-0.25, -0.2) is 0 Å². The number of hydrogen-bond donors (Lipinski definition) is 1. The lowest BCUT2D eigenvalue weighted by molar-refractivity contribution is -0.272. The van der Waals surface area contributed by atoms with Crippen LogP contribution in [0.5, 0.6) is 0 Å². The Kier molecular flexibility index (Phi) is 6.67. The van der Waals surface area contributed by atoms with Crippen LogP contribution in [-0.2, 0) is 28.5 Å². The van der Waals surface area contributed by atoms with Crippen LogP contribution < -0.4 is 5.32 Å². The molecule has 1 rings (SSSR count). The van der Waals surface area contributed by atoms with E-state index in [0.717, 1.165) is 0 Å². The molecule has 1 aliphatic heterocycles. The van der Waals surface area contributed by atoms with Gasteiger partial charge in [-0.2, -0.15) is 0 Å². The van der Waals surface area contributed by atoms with Gasteiger partial charge >= 0.3 is 0 Å². The van der Waals surface area contributed by atoms with Gasteiger partial charge in [0.15, 0.2) is 6.29 Å². The summed E-state index contributed by atoms with van der Waals surface area (Å²) >= 11 is 0. The van der Waals surface area contributed by atoms with Crippen molar-refractivity contribution in [2.24, 2.45) is 0 Å². The molecule has 1 amide bonds. The van der Waals surface area contributed by atoms with Crippen LogP contribution in [0.15, 0.2) is 0 Å². The standard InChI is InChI=1S/C12H23NO6/c1-7(14)13-9-11(17-4)10(16-3)8(6-15-2)19-12(9)18-5/h8-12H,6H2,1-5H3,(H,13,14). The third kappa shape index (κ3) is 3.87. The van der Waals surface area contributed by atoms with E-state index in [0.29, 0.717) is 6.61 Å². The fourth-order valence-corrected chi connectivity index (χ4v) is 2.36. The van der Waals surface area contributed by atoms with E-state index in [2.05, 4.69) is 5.32 Å². The van der Waals surface area contributed by atoms with Crippen LogP contribution >= 0.6 is 0 Å². The number of ether oxygens (including phenoxy) is 5. The van der Waals surface area contributed by atoms with Gasteiger partial charge in [0.05, 0.1) is 6.61 Å². The molecule has 1 aliphatic rings. The molecule has 1 saturated heterocycles. The van der Waals surface area contributed by atoms with Crippen LogP contribution in [0.2, 0.25) is 0 Å². The second kappa shape index (κ2) is 7.76. The number of carbonyl (C=O) groups excluding carboxylic acids is 1. The molecule has 19 heavy (non-hydrogen) atoms. The van der Waals surface area contributed by atoms with Crippen LogP contribution in [0.3, 0.4) is 0 Å². The Morgan fingerprint density at radius 1 is 1.11 bits per heavy atom. The number of methoxy groups -OCH3 is 4. The molecule has 1 heterocycles. The van der Waals surface area contributed by atoms with Crippen molar-refractivity contribution in [1.29, 1.82) is 0 Å². The summed E-state index contributed by atoms with van der Waals surface area (Å²) in [4.78, 5) is 11.3. The molecule has 5 unspecified atom stereocenters. The van der Waals surface area contributed by atoms with E-state index in [4.69, 9.17) is 23.7 Å². The number of hydrogen-bond acceptors (Lipinski definition) is 6. The van der Waals surface area contributed by atoms with E-state index in [-0.39, 0.29) is 24.2 Å². The highest BCUT2D eigenvalue weighted by Crippen LogP contribution is 2.26. The van der Waals surface area contributed by atoms with Gasteiger partial charge in [0.1, 0.15) is 24.4 Å². The highest BCUT2D eigenvalue weighted by molar-refractivity contribution is 5.73. The van der Waals surface area contributed by atoms with Gasteiger partial charge in [-0.3, -0.25) is 4.79 Å². The van der Waals surface area contributed by atoms with Gasteiger partial charge in [0.2, 0.25) is 5.91 Å². The largest absolute Gasteiger partial charge is 0.382 e. The Hall–Kier alpha value is -0.730. The lowest BCUT2D eigenvalue weighted by Gasteiger charge is -2.44. The van der Waals surface area contributed by atoms with Crippen molar-refractivity contribution in [3.8, 4) is 0 Å². The molecule has 0 aromatic heterocycles. The van der Waals surface area contributed by atoms with Crippen molar-refractivity contribution in [3.05, 3.63) is 0 Å². The average Bonchev–Trinajstić information content (AvgIpc) is 2.38. The minimum Gasteiger partial charge on any atom is -0.382 e. The Balaban J connectivity index is 2.92. The van der Waals surface area contributed by atoms with Crippen molar-refractivity contribution in [2.75, 3.05) is 35.0 Å². The molecule has 0 aromatic carbocycles. The van der Waals surface area contributed by atoms with E-state index in [1.165, 1.54) is 14.0 Å². The third-order valence-corrected chi connectivity index (χ3v) is 3.12. The van der Waals surface area contributed by atoms with Gasteiger partial charge in [-0.05, 0) is 0 Å². The highest BCUT2D eigenvalue weighted by atomic mass is 16.7. The summed E-state index contributed by atoms with van der Waals surface area (Å²) in [6, 6.07) is -0.439. The normalized spacial score (nSPS) is 35.1. The van der Waals surface area contributed by atoms with Crippen LogP contribution in [0.4, 0.5) is 0 Å². The summed E-state index contributed by atoms with van der Waals surface area (Å²) in [7, 11) is 6.23. The summed E-state index contributed by atoms with van der Waals surface area (Å²) in [5.41, 5.74) is 0. The molecule has 5 atom stereocenters. The van der Waals surface area contributed by atoms with Gasteiger partial charge < -0.3 is 29.0 Å². The Morgan fingerprint density at radius 2 is 1.74 bits per heavy atom. The minimum absolute atomic E-state index is 0.183. The van der Waals surface area contributed by atoms with E-state index in [9.17, 15) is 4.79 Å². The van der Waals surface area contributed by atoms with E-state index < -0.39 is 12.3 Å². The maximum Gasteiger partial charge on any atom is 0.217 e. The molecule has 1 fully saturated rings. The fraction of sp³-hybridized carbons (Fsp3) is 0.917. The van der Waals surface area contributed by atoms with Gasteiger partial charge in [-0.15, -0.1) is 0 Å². The number of nitrogens with one attached hydrogen (secondary N) is 1. The smallest absolute Gasteiger partial charge is 0.217 e. The third-order valence-electron chi connectivity index (χ3n) is 3.12. The fourth-order valence-electron chi connectivity index (χ4n) is 2.36. The minimum atomic E-state index is -0.611. The first-order valence-electron chi connectivity index (χ1n) is 6.08. The molecule has 0 spiro atoms. The van der Waals surface area contributed by atoms with E-state index in [1.807, 2.05) is 0 Å². The van der Waals surface area contributed by atoms with Crippen LogP contribution in [0.25, 0.3) is 0 Å². The molecule has 7 heteroatoms. The summed E-state index contributed by atoms with van der Waals surface area (Å²) in [6.07, 6.45) is -1.67. The predicted octanol–water partition coefficient (Wildman–Crippen LogP) is -0.461. The Labute approximate surface area is 113 Å². The zero-order chi connectivity index (χ0) is 14.4. The topological polar surface area (TPSA) is 75.2 Å².